The van der Waals surface area contributed by atoms with Crippen LogP contribution in [0.2, 0.25) is 0 Å². The third-order valence-corrected chi connectivity index (χ3v) is 3.31. The highest BCUT2D eigenvalue weighted by atomic mass is 19.3. The van der Waals surface area contributed by atoms with Gasteiger partial charge >= 0.3 is 13.2 Å². The maximum atomic E-state index is 12.3. The lowest BCUT2D eigenvalue weighted by Gasteiger charge is -2.22. The zero-order valence-electron chi connectivity index (χ0n) is 14.4. The number of halogens is 4. The van der Waals surface area contributed by atoms with Crippen molar-refractivity contribution in [2.75, 3.05) is 6.61 Å². The van der Waals surface area contributed by atoms with Crippen LogP contribution in [0.25, 0.3) is 0 Å². The molecule has 1 N–H and O–H groups in total. The van der Waals surface area contributed by atoms with E-state index in [2.05, 4.69) is 14.8 Å². The van der Waals surface area contributed by atoms with Gasteiger partial charge in [0.05, 0.1) is 12.6 Å². The molecule has 1 aromatic rings. The molecule has 142 valence electrons. The number of hydrogen-bond acceptors (Lipinski definition) is 3. The van der Waals surface area contributed by atoms with Crippen molar-refractivity contribution in [3.05, 3.63) is 29.8 Å². The van der Waals surface area contributed by atoms with Crippen molar-refractivity contribution in [3.63, 3.8) is 0 Å². The van der Waals surface area contributed by atoms with Crippen LogP contribution in [0.4, 0.5) is 17.6 Å². The molecule has 1 amide bonds. The van der Waals surface area contributed by atoms with Gasteiger partial charge in [0.1, 0.15) is 5.75 Å². The molecule has 0 fully saturated rings. The molecule has 0 spiro atoms. The lowest BCUT2D eigenvalue weighted by molar-refractivity contribution is -0.139. The van der Waals surface area contributed by atoms with Gasteiger partial charge in [0, 0.05) is 6.42 Å². The Kier molecular flexibility index (Phi) is 8.15. The first kappa shape index (κ1) is 21.2. The average Bonchev–Trinajstić information content (AvgIpc) is 2.48. The Balaban J connectivity index is 2.83. The van der Waals surface area contributed by atoms with Gasteiger partial charge < -0.3 is 14.8 Å². The number of amides is 1. The number of ether oxygens (including phenoxy) is 2. The number of hydrogen-bond donors (Lipinski definition) is 1. The Morgan fingerprint density at radius 2 is 1.84 bits per heavy atom. The van der Waals surface area contributed by atoms with Crippen molar-refractivity contribution in [1.82, 2.24) is 5.32 Å². The van der Waals surface area contributed by atoms with Gasteiger partial charge in [-0.3, -0.25) is 4.79 Å². The topological polar surface area (TPSA) is 47.6 Å². The second kappa shape index (κ2) is 9.60. The molecule has 0 heterocycles. The largest absolute Gasteiger partial charge is 0.435 e. The fraction of sp³-hybridized carbons (Fsp3) is 0.588. The van der Waals surface area contributed by atoms with Crippen LogP contribution >= 0.6 is 0 Å². The molecule has 0 aliphatic rings. The molecule has 8 heteroatoms. The Hall–Kier alpha value is -1.83. The fourth-order valence-electron chi connectivity index (χ4n) is 2.05. The van der Waals surface area contributed by atoms with Crippen molar-refractivity contribution in [2.24, 2.45) is 5.41 Å². The molecule has 0 aliphatic heterocycles. The number of nitrogens with one attached hydrogen (secondary N) is 1. The zero-order chi connectivity index (χ0) is 19.0. The molecule has 1 rings (SSSR count). The SMILES string of the molecule is CC(C)(C)CCC(=O)NC(COC(F)F)c1cccc(OC(F)F)c1. The zero-order valence-corrected chi connectivity index (χ0v) is 14.4. The highest BCUT2D eigenvalue weighted by molar-refractivity contribution is 5.76. The van der Waals surface area contributed by atoms with Gasteiger partial charge in [0.15, 0.2) is 0 Å². The van der Waals surface area contributed by atoms with Crippen LogP contribution in [-0.4, -0.2) is 25.7 Å². The van der Waals surface area contributed by atoms with E-state index in [1.165, 1.54) is 24.3 Å². The Morgan fingerprint density at radius 3 is 2.40 bits per heavy atom. The summed E-state index contributed by atoms with van der Waals surface area (Å²) in [6.45, 7) is -0.576. The first-order valence-electron chi connectivity index (χ1n) is 7.81. The van der Waals surface area contributed by atoms with Crippen molar-refractivity contribution >= 4 is 5.91 Å². The molecule has 1 unspecified atom stereocenters. The maximum Gasteiger partial charge on any atom is 0.387 e. The van der Waals surface area contributed by atoms with E-state index >= 15 is 0 Å². The smallest absolute Gasteiger partial charge is 0.387 e. The molecule has 0 bridgehead atoms. The number of carbonyl (C=O) groups is 1. The van der Waals surface area contributed by atoms with Crippen LogP contribution in [0.15, 0.2) is 24.3 Å². The Bertz CT molecular complexity index is 547. The summed E-state index contributed by atoms with van der Waals surface area (Å²) in [6, 6.07) is 4.62. The minimum atomic E-state index is -3.01. The van der Waals surface area contributed by atoms with Gasteiger partial charge in [0.2, 0.25) is 5.91 Å². The quantitative estimate of drug-likeness (QED) is 0.655. The standard InChI is InChI=1S/C17H23F4NO3/c1-17(2,3)8-7-14(23)22-13(10-24-15(18)19)11-5-4-6-12(9-11)25-16(20)21/h4-6,9,13,15-16H,7-8,10H2,1-3H3,(H,22,23). The van der Waals surface area contributed by atoms with Gasteiger partial charge in [-0.05, 0) is 29.5 Å². The average molecular weight is 365 g/mol. The lowest BCUT2D eigenvalue weighted by atomic mass is 9.90. The summed E-state index contributed by atoms with van der Waals surface area (Å²) in [5.74, 6) is -0.462. The number of rotatable bonds is 9. The molecule has 1 aromatic carbocycles. The highest BCUT2D eigenvalue weighted by Crippen LogP contribution is 2.23. The Morgan fingerprint density at radius 1 is 1.16 bits per heavy atom. The minimum Gasteiger partial charge on any atom is -0.435 e. The van der Waals surface area contributed by atoms with Crippen molar-refractivity contribution in [2.45, 2.75) is 52.9 Å². The fourth-order valence-corrected chi connectivity index (χ4v) is 2.05. The number of carbonyl (C=O) groups excluding carboxylic acids is 1. The lowest BCUT2D eigenvalue weighted by Crippen LogP contribution is -2.32. The van der Waals surface area contributed by atoms with Crippen LogP contribution in [0.1, 0.15) is 45.2 Å². The number of alkyl halides is 4. The predicted molar refractivity (Wildman–Crippen MR) is 84.6 cm³/mol. The van der Waals surface area contributed by atoms with E-state index < -0.39 is 25.9 Å². The second-order valence-corrected chi connectivity index (χ2v) is 6.73. The molecular weight excluding hydrogens is 342 g/mol. The first-order valence-corrected chi connectivity index (χ1v) is 7.81. The highest BCUT2D eigenvalue weighted by Gasteiger charge is 2.20. The van der Waals surface area contributed by atoms with Crippen LogP contribution < -0.4 is 10.1 Å². The van der Waals surface area contributed by atoms with E-state index in [9.17, 15) is 22.4 Å². The Labute approximate surface area is 144 Å². The van der Waals surface area contributed by atoms with Gasteiger partial charge in [-0.25, -0.2) is 0 Å². The molecule has 0 radical (unpaired) electrons. The van der Waals surface area contributed by atoms with E-state index in [0.717, 1.165) is 0 Å². The monoisotopic (exact) mass is 365 g/mol. The van der Waals surface area contributed by atoms with Gasteiger partial charge in [-0.15, -0.1) is 0 Å². The molecule has 0 aliphatic carbocycles. The molecule has 0 saturated heterocycles. The summed E-state index contributed by atoms with van der Waals surface area (Å²) in [4.78, 5) is 12.1. The molecule has 1 atom stereocenters. The van der Waals surface area contributed by atoms with E-state index in [1.807, 2.05) is 20.8 Å². The maximum absolute atomic E-state index is 12.3. The summed E-state index contributed by atoms with van der Waals surface area (Å²) in [5, 5.41) is 2.60. The normalized spacial score (nSPS) is 13.2. The predicted octanol–water partition coefficient (Wildman–Crippen LogP) is 4.51. The van der Waals surface area contributed by atoms with Crippen molar-refractivity contribution in [1.29, 1.82) is 0 Å². The van der Waals surface area contributed by atoms with Gasteiger partial charge in [-0.2, -0.15) is 17.6 Å². The van der Waals surface area contributed by atoms with Crippen molar-refractivity contribution < 1.29 is 31.8 Å². The molecular formula is C17H23F4NO3. The molecule has 0 aromatic heterocycles. The van der Waals surface area contributed by atoms with Crippen molar-refractivity contribution in [3.8, 4) is 5.75 Å². The summed E-state index contributed by atoms with van der Waals surface area (Å²) in [5.41, 5.74) is 0.278. The molecule has 0 saturated carbocycles. The van der Waals surface area contributed by atoms with E-state index in [-0.39, 0.29) is 23.5 Å². The molecule has 4 nitrogen and oxygen atoms in total. The molecule has 25 heavy (non-hydrogen) atoms. The number of benzene rings is 1. The summed E-state index contributed by atoms with van der Waals surface area (Å²) < 4.78 is 57.9. The van der Waals surface area contributed by atoms with Crippen LogP contribution in [0.5, 0.6) is 5.75 Å². The summed E-state index contributed by atoms with van der Waals surface area (Å²) >= 11 is 0. The van der Waals surface area contributed by atoms with Crippen LogP contribution in [-0.2, 0) is 9.53 Å². The van der Waals surface area contributed by atoms with Gasteiger partial charge in [-0.1, -0.05) is 32.9 Å². The van der Waals surface area contributed by atoms with E-state index in [0.29, 0.717) is 12.0 Å². The third kappa shape index (κ3) is 9.28. The minimum absolute atomic E-state index is 0.0582. The van der Waals surface area contributed by atoms with Crippen LogP contribution in [0.3, 0.4) is 0 Å². The summed E-state index contributed by atoms with van der Waals surface area (Å²) in [6.07, 6.45) is 0.817. The van der Waals surface area contributed by atoms with Gasteiger partial charge in [0.25, 0.3) is 0 Å². The first-order chi connectivity index (χ1) is 11.6. The van der Waals surface area contributed by atoms with E-state index in [4.69, 9.17) is 0 Å². The third-order valence-electron chi connectivity index (χ3n) is 3.31. The van der Waals surface area contributed by atoms with E-state index in [1.54, 1.807) is 0 Å². The van der Waals surface area contributed by atoms with Crippen LogP contribution in [0, 0.1) is 5.41 Å². The second-order valence-electron chi connectivity index (χ2n) is 6.73. The summed E-state index contributed by atoms with van der Waals surface area (Å²) in [7, 11) is 0.